The average molecular weight is 286 g/mol. The maximum absolute atomic E-state index is 11.9. The van der Waals surface area contributed by atoms with Gasteiger partial charge in [-0.2, -0.15) is 0 Å². The molecule has 0 aliphatic heterocycles. The van der Waals surface area contributed by atoms with E-state index in [9.17, 15) is 23.3 Å². The van der Waals surface area contributed by atoms with Crippen molar-refractivity contribution in [2.24, 2.45) is 0 Å². The van der Waals surface area contributed by atoms with Crippen LogP contribution in [0.1, 0.15) is 26.2 Å². The van der Waals surface area contributed by atoms with Gasteiger partial charge in [-0.25, -0.2) is 13.1 Å². The second kappa shape index (κ2) is 6.28. The molecule has 104 valence electrons. The maximum atomic E-state index is 11.9. The second-order valence-electron chi connectivity index (χ2n) is 3.86. The molecule has 0 aliphatic rings. The molecule has 1 N–H and O–H groups in total. The third kappa shape index (κ3) is 4.02. The van der Waals surface area contributed by atoms with Gasteiger partial charge in [-0.05, 0) is 12.5 Å². The molecule has 0 heterocycles. The first-order valence-corrected chi connectivity index (χ1v) is 7.16. The highest BCUT2D eigenvalue weighted by atomic mass is 32.2. The van der Waals surface area contributed by atoms with E-state index in [2.05, 4.69) is 0 Å². The zero-order valence-electron chi connectivity index (χ0n) is 10.3. The summed E-state index contributed by atoms with van der Waals surface area (Å²) in [7, 11) is -4.21. The van der Waals surface area contributed by atoms with Crippen LogP contribution >= 0.6 is 0 Å². The van der Waals surface area contributed by atoms with E-state index in [4.69, 9.17) is 0 Å². The molecule has 0 aromatic heterocycles. The van der Waals surface area contributed by atoms with Crippen LogP contribution in [0, 0.1) is 10.1 Å². The summed E-state index contributed by atoms with van der Waals surface area (Å²) in [5.74, 6) is -0.667. The Morgan fingerprint density at radius 1 is 1.37 bits per heavy atom. The van der Waals surface area contributed by atoms with Crippen LogP contribution in [0.25, 0.3) is 0 Å². The van der Waals surface area contributed by atoms with Gasteiger partial charge in [0.15, 0.2) is 4.90 Å². The highest BCUT2D eigenvalue weighted by Gasteiger charge is 2.26. The summed E-state index contributed by atoms with van der Waals surface area (Å²) >= 11 is 0. The summed E-state index contributed by atoms with van der Waals surface area (Å²) < 4.78 is 25.6. The highest BCUT2D eigenvalue weighted by molar-refractivity contribution is 7.90. The van der Waals surface area contributed by atoms with E-state index >= 15 is 0 Å². The summed E-state index contributed by atoms with van der Waals surface area (Å²) in [5.41, 5.74) is -0.557. The molecule has 0 fully saturated rings. The fourth-order valence-corrected chi connectivity index (χ4v) is 2.62. The van der Waals surface area contributed by atoms with E-state index in [1.807, 2.05) is 11.6 Å². The van der Waals surface area contributed by atoms with Gasteiger partial charge in [-0.1, -0.05) is 25.5 Å². The number of hydrogen-bond donors (Lipinski definition) is 1. The molecular formula is C11H14N2O5S. The number of unbranched alkanes of at least 4 members (excludes halogenated alkanes) is 1. The van der Waals surface area contributed by atoms with Gasteiger partial charge in [0.25, 0.3) is 15.7 Å². The number of nitro benzene ring substituents is 1. The number of hydrogen-bond acceptors (Lipinski definition) is 5. The van der Waals surface area contributed by atoms with Crippen molar-refractivity contribution < 1.29 is 18.1 Å². The topological polar surface area (TPSA) is 106 Å². The van der Waals surface area contributed by atoms with Crippen LogP contribution in [0.3, 0.4) is 0 Å². The molecule has 0 unspecified atom stereocenters. The van der Waals surface area contributed by atoms with Gasteiger partial charge in [-0.3, -0.25) is 14.9 Å². The van der Waals surface area contributed by atoms with Gasteiger partial charge in [0.2, 0.25) is 5.91 Å². The van der Waals surface area contributed by atoms with Crippen LogP contribution in [-0.2, 0) is 14.8 Å². The summed E-state index contributed by atoms with van der Waals surface area (Å²) in [4.78, 5) is 20.9. The molecule has 1 aromatic carbocycles. The third-order valence-electron chi connectivity index (χ3n) is 2.36. The first kappa shape index (κ1) is 15.1. The van der Waals surface area contributed by atoms with Gasteiger partial charge >= 0.3 is 0 Å². The largest absolute Gasteiger partial charge is 0.289 e. The number of nitrogens with one attached hydrogen (secondary N) is 1. The molecule has 1 aromatic rings. The number of nitrogens with zero attached hydrogens (tertiary/aromatic N) is 1. The van der Waals surface area contributed by atoms with Crippen molar-refractivity contribution in [2.45, 2.75) is 31.1 Å². The molecule has 7 nitrogen and oxygen atoms in total. The van der Waals surface area contributed by atoms with E-state index < -0.39 is 31.4 Å². The smallest absolute Gasteiger partial charge is 0.274 e. The van der Waals surface area contributed by atoms with Crippen LogP contribution in [0.4, 0.5) is 5.69 Å². The zero-order chi connectivity index (χ0) is 14.5. The van der Waals surface area contributed by atoms with Crippen molar-refractivity contribution in [2.75, 3.05) is 0 Å². The minimum absolute atomic E-state index is 0.0658. The van der Waals surface area contributed by atoms with E-state index in [-0.39, 0.29) is 6.42 Å². The summed E-state index contributed by atoms with van der Waals surface area (Å²) in [6.45, 7) is 1.86. The summed E-state index contributed by atoms with van der Waals surface area (Å²) in [6.07, 6.45) is 1.37. The first-order valence-electron chi connectivity index (χ1n) is 5.67. The van der Waals surface area contributed by atoms with Gasteiger partial charge < -0.3 is 0 Å². The quantitative estimate of drug-likeness (QED) is 0.631. The molecule has 0 radical (unpaired) electrons. The predicted octanol–water partition coefficient (Wildman–Crippen LogP) is 1.59. The Balaban J connectivity index is 3.01. The lowest BCUT2D eigenvalue weighted by molar-refractivity contribution is -0.387. The van der Waals surface area contributed by atoms with E-state index in [1.54, 1.807) is 0 Å². The second-order valence-corrected chi connectivity index (χ2v) is 5.51. The minimum atomic E-state index is -4.21. The lowest BCUT2D eigenvalue weighted by Crippen LogP contribution is -2.30. The molecule has 0 bridgehead atoms. The number of benzene rings is 1. The number of carbonyl (C=O) groups is 1. The standard InChI is InChI=1S/C11H14N2O5S/c1-2-3-8-11(14)12-19(17,18)10-7-5-4-6-9(10)13(15)16/h4-7H,2-3,8H2,1H3,(H,12,14). The fourth-order valence-electron chi connectivity index (χ4n) is 1.43. The lowest BCUT2D eigenvalue weighted by atomic mass is 10.2. The van der Waals surface area contributed by atoms with Crippen LogP contribution in [0.2, 0.25) is 0 Å². The fraction of sp³-hybridized carbons (Fsp3) is 0.364. The Morgan fingerprint density at radius 2 is 2.00 bits per heavy atom. The molecule has 0 atom stereocenters. The number of rotatable bonds is 6. The van der Waals surface area contributed by atoms with Crippen molar-refractivity contribution >= 4 is 21.6 Å². The van der Waals surface area contributed by atoms with Crippen molar-refractivity contribution in [1.29, 1.82) is 0 Å². The van der Waals surface area contributed by atoms with Crippen LogP contribution in [-0.4, -0.2) is 19.2 Å². The minimum Gasteiger partial charge on any atom is -0.274 e. The Kier molecular flexibility index (Phi) is 4.99. The number of nitro groups is 1. The van der Waals surface area contributed by atoms with Gasteiger partial charge in [0.1, 0.15) is 0 Å². The molecule has 0 saturated carbocycles. The molecule has 0 saturated heterocycles. The van der Waals surface area contributed by atoms with E-state index in [0.717, 1.165) is 18.6 Å². The average Bonchev–Trinajstić information content (AvgIpc) is 2.35. The van der Waals surface area contributed by atoms with Crippen LogP contribution in [0.15, 0.2) is 29.2 Å². The van der Waals surface area contributed by atoms with E-state index in [0.29, 0.717) is 6.42 Å². The normalized spacial score (nSPS) is 11.0. The summed E-state index contributed by atoms with van der Waals surface area (Å²) in [5, 5.41) is 10.8. The van der Waals surface area contributed by atoms with Crippen LogP contribution in [0.5, 0.6) is 0 Å². The molecule has 0 aliphatic carbocycles. The Morgan fingerprint density at radius 3 is 2.58 bits per heavy atom. The first-order chi connectivity index (χ1) is 8.88. The summed E-state index contributed by atoms with van der Waals surface area (Å²) in [6, 6.07) is 4.88. The SMILES string of the molecule is CCCCC(=O)NS(=O)(=O)c1ccccc1[N+](=O)[O-]. The molecule has 19 heavy (non-hydrogen) atoms. The van der Waals surface area contributed by atoms with Crippen molar-refractivity contribution in [1.82, 2.24) is 4.72 Å². The third-order valence-corrected chi connectivity index (χ3v) is 3.78. The predicted molar refractivity (Wildman–Crippen MR) is 67.9 cm³/mol. The van der Waals surface area contributed by atoms with E-state index in [1.165, 1.54) is 12.1 Å². The molecule has 1 rings (SSSR count). The number of carbonyl (C=O) groups excluding carboxylic acids is 1. The number of sulfonamides is 1. The number of para-hydroxylation sites is 1. The Labute approximate surface area is 110 Å². The van der Waals surface area contributed by atoms with Crippen molar-refractivity contribution in [3.05, 3.63) is 34.4 Å². The van der Waals surface area contributed by atoms with Crippen molar-refractivity contribution in [3.8, 4) is 0 Å². The Hall–Kier alpha value is -1.96. The molecule has 1 amide bonds. The molecular weight excluding hydrogens is 272 g/mol. The van der Waals surface area contributed by atoms with Gasteiger partial charge in [0, 0.05) is 12.5 Å². The van der Waals surface area contributed by atoms with Crippen LogP contribution < -0.4 is 4.72 Å². The van der Waals surface area contributed by atoms with Crippen molar-refractivity contribution in [3.63, 3.8) is 0 Å². The molecule has 8 heteroatoms. The lowest BCUT2D eigenvalue weighted by Gasteiger charge is -2.06. The number of amides is 1. The molecule has 0 spiro atoms. The maximum Gasteiger partial charge on any atom is 0.289 e. The van der Waals surface area contributed by atoms with Gasteiger partial charge in [0.05, 0.1) is 4.92 Å². The zero-order valence-corrected chi connectivity index (χ0v) is 11.1. The monoisotopic (exact) mass is 286 g/mol. The Bertz CT molecular complexity index is 583. The highest BCUT2D eigenvalue weighted by Crippen LogP contribution is 2.22. The van der Waals surface area contributed by atoms with Gasteiger partial charge in [-0.15, -0.1) is 0 Å².